The normalized spacial score (nSPS) is 11.6. The molecule has 0 unspecified atom stereocenters. The molecule has 16 rings (SSSR count). The number of hydrogen-bond acceptors (Lipinski definition) is 8. The maximum absolute atomic E-state index is 9.78. The minimum Gasteiger partial charge on any atom is -0.508 e. The Morgan fingerprint density at radius 1 is 0.309 bits per heavy atom. The molecule has 4 aliphatic rings. The van der Waals surface area contributed by atoms with Crippen molar-refractivity contribution in [2.24, 2.45) is 0 Å². The molecule has 0 spiro atoms. The molecule has 4 aliphatic carbocycles. The molecular formula is C86H82N2O6. The Labute approximate surface area is 553 Å². The Balaban J connectivity index is 0.000000116. The molecule has 94 heavy (non-hydrogen) atoms. The first-order valence-corrected chi connectivity index (χ1v) is 32.7. The van der Waals surface area contributed by atoms with E-state index in [0.717, 1.165) is 79.1 Å². The topological polar surface area (TPSA) is 128 Å². The number of aromatic hydroxyl groups is 6. The van der Waals surface area contributed by atoms with E-state index in [9.17, 15) is 30.6 Å². The summed E-state index contributed by atoms with van der Waals surface area (Å²) >= 11 is 0. The van der Waals surface area contributed by atoms with Crippen molar-refractivity contribution in [3.8, 4) is 79.0 Å². The number of nitrogens with zero attached hydrogens (tertiary/aromatic N) is 2. The van der Waals surface area contributed by atoms with Crippen molar-refractivity contribution < 1.29 is 30.6 Å². The number of hydrogen-bond donors (Lipinski definition) is 6. The molecule has 0 aliphatic heterocycles. The van der Waals surface area contributed by atoms with Gasteiger partial charge in [-0.1, -0.05) is 197 Å². The van der Waals surface area contributed by atoms with Gasteiger partial charge in [0.15, 0.2) is 0 Å². The summed E-state index contributed by atoms with van der Waals surface area (Å²) in [5, 5.41) is 57.5. The van der Waals surface area contributed by atoms with Gasteiger partial charge in [-0.15, -0.1) is 0 Å². The zero-order valence-electron chi connectivity index (χ0n) is 54.2. The molecule has 6 N–H and O–H groups in total. The van der Waals surface area contributed by atoms with Gasteiger partial charge in [0.25, 0.3) is 0 Å². The van der Waals surface area contributed by atoms with Crippen molar-refractivity contribution in [3.05, 3.63) is 323 Å². The van der Waals surface area contributed by atoms with E-state index in [-0.39, 0.29) is 0 Å². The Morgan fingerprint density at radius 2 is 0.723 bits per heavy atom. The number of phenols is 6. The lowest BCUT2D eigenvalue weighted by Crippen LogP contribution is -2.15. The van der Waals surface area contributed by atoms with Gasteiger partial charge in [0, 0.05) is 65.5 Å². The molecule has 472 valence electrons. The monoisotopic (exact) mass is 1240 g/mol. The summed E-state index contributed by atoms with van der Waals surface area (Å²) in [6.45, 7) is 12.5. The van der Waals surface area contributed by atoms with Crippen molar-refractivity contribution in [1.82, 2.24) is 0 Å². The Hall–Kier alpha value is -11.0. The van der Waals surface area contributed by atoms with Crippen LogP contribution >= 0.6 is 0 Å². The van der Waals surface area contributed by atoms with Crippen molar-refractivity contribution in [2.45, 2.75) is 79.1 Å². The third kappa shape index (κ3) is 15.0. The van der Waals surface area contributed by atoms with E-state index in [4.69, 9.17) is 0 Å². The highest BCUT2D eigenvalue weighted by Crippen LogP contribution is 2.44. The third-order valence-electron chi connectivity index (χ3n) is 17.8. The molecule has 0 radical (unpaired) electrons. The van der Waals surface area contributed by atoms with Crippen LogP contribution in [0.4, 0.5) is 22.7 Å². The Morgan fingerprint density at radius 3 is 1.30 bits per heavy atom. The largest absolute Gasteiger partial charge is 0.508 e. The zero-order valence-corrected chi connectivity index (χ0v) is 54.2. The molecule has 0 fully saturated rings. The molecule has 8 nitrogen and oxygen atoms in total. The quantitative estimate of drug-likeness (QED) is 0.0844. The van der Waals surface area contributed by atoms with E-state index in [1.54, 1.807) is 48.5 Å². The number of aryl methyl sites for hydroxylation is 1. The molecule has 0 saturated carbocycles. The second kappa shape index (κ2) is 30.0. The minimum absolute atomic E-state index is 0.301. The average molecular weight is 1240 g/mol. The summed E-state index contributed by atoms with van der Waals surface area (Å²) in [5.74, 6) is 2.67. The molecule has 0 heterocycles. The molecule has 0 saturated heterocycles. The molecule has 0 amide bonds. The van der Waals surface area contributed by atoms with Crippen LogP contribution in [0.3, 0.4) is 0 Å². The van der Waals surface area contributed by atoms with Gasteiger partial charge in [0.05, 0.1) is 0 Å². The van der Waals surface area contributed by atoms with Crippen LogP contribution in [0, 0.1) is 0 Å². The summed E-state index contributed by atoms with van der Waals surface area (Å²) in [4.78, 5) is 4.37. The van der Waals surface area contributed by atoms with E-state index in [1.807, 2.05) is 91.0 Å². The van der Waals surface area contributed by atoms with Gasteiger partial charge < -0.3 is 40.4 Å². The Kier molecular flexibility index (Phi) is 20.6. The minimum atomic E-state index is 0.301. The Bertz CT molecular complexity index is 4540. The van der Waals surface area contributed by atoms with E-state index in [0.29, 0.717) is 40.4 Å². The van der Waals surface area contributed by atoms with Gasteiger partial charge in [0.1, 0.15) is 34.5 Å². The molecule has 12 aromatic rings. The summed E-state index contributed by atoms with van der Waals surface area (Å²) in [6, 6.07) is 88.0. The SMILES string of the molecule is CCCc1ccc(N(CC)c2cccc(O)c2)cc1.CCN(c1ccc(C(C)C)cc1)c1cccc(O)c1.Oc1ccc2c(c1)-c1ccccc1C2.Oc1ccc2c(c1)Cc1ccccc1-2.Oc1cccc2c1-c1ccccc1C2.Oc1cccc2c1Cc1ccccc1-2. The molecule has 8 heteroatoms. The highest BCUT2D eigenvalue weighted by atomic mass is 16.3. The number of benzene rings is 12. The molecular weight excluding hydrogens is 1160 g/mol. The number of anilines is 4. The highest BCUT2D eigenvalue weighted by Gasteiger charge is 2.23. The van der Waals surface area contributed by atoms with Crippen molar-refractivity contribution in [1.29, 1.82) is 0 Å². The maximum Gasteiger partial charge on any atom is 0.123 e. The van der Waals surface area contributed by atoms with Gasteiger partial charge in [-0.3, -0.25) is 0 Å². The van der Waals surface area contributed by atoms with Crippen molar-refractivity contribution >= 4 is 22.7 Å². The van der Waals surface area contributed by atoms with E-state index in [2.05, 4.69) is 172 Å². The number of fused-ring (bicyclic) bond motifs is 12. The van der Waals surface area contributed by atoms with E-state index in [1.165, 1.54) is 95.4 Å². The van der Waals surface area contributed by atoms with Gasteiger partial charge in [0.2, 0.25) is 0 Å². The third-order valence-corrected chi connectivity index (χ3v) is 17.8. The fraction of sp³-hybridized carbons (Fsp3) is 0.163. The van der Waals surface area contributed by atoms with Crippen LogP contribution in [0.2, 0.25) is 0 Å². The van der Waals surface area contributed by atoms with Gasteiger partial charge in [-0.25, -0.2) is 0 Å². The van der Waals surface area contributed by atoms with E-state index < -0.39 is 0 Å². The van der Waals surface area contributed by atoms with Crippen molar-refractivity contribution in [3.63, 3.8) is 0 Å². The molecule has 0 atom stereocenters. The summed E-state index contributed by atoms with van der Waals surface area (Å²) in [5.41, 5.74) is 26.9. The van der Waals surface area contributed by atoms with Gasteiger partial charge in [-0.2, -0.15) is 0 Å². The fourth-order valence-electron chi connectivity index (χ4n) is 13.1. The van der Waals surface area contributed by atoms with Crippen LogP contribution in [0.5, 0.6) is 34.5 Å². The van der Waals surface area contributed by atoms with Crippen LogP contribution in [-0.2, 0) is 32.1 Å². The number of phenolic OH excluding ortho intramolecular Hbond substituents is 6. The number of rotatable bonds is 9. The first-order valence-electron chi connectivity index (χ1n) is 32.7. The van der Waals surface area contributed by atoms with Crippen LogP contribution in [0.25, 0.3) is 44.5 Å². The van der Waals surface area contributed by atoms with Gasteiger partial charge in [-0.05, 0) is 219 Å². The lowest BCUT2D eigenvalue weighted by atomic mass is 10.0. The molecule has 0 bridgehead atoms. The molecule has 0 aromatic heterocycles. The summed E-state index contributed by atoms with van der Waals surface area (Å²) in [6.07, 6.45) is 6.03. The predicted molar refractivity (Wildman–Crippen MR) is 388 cm³/mol. The average Bonchev–Trinajstić information content (AvgIpc) is 1.74. The fourth-order valence-corrected chi connectivity index (χ4v) is 13.1. The second-order valence-corrected chi connectivity index (χ2v) is 24.3. The smallest absolute Gasteiger partial charge is 0.123 e. The second-order valence-electron chi connectivity index (χ2n) is 24.3. The predicted octanol–water partition coefficient (Wildman–Crippen LogP) is 21.0. The maximum atomic E-state index is 9.78. The van der Waals surface area contributed by atoms with Gasteiger partial charge >= 0.3 is 0 Å². The van der Waals surface area contributed by atoms with Crippen LogP contribution in [-0.4, -0.2) is 43.7 Å². The first-order chi connectivity index (χ1) is 45.8. The lowest BCUT2D eigenvalue weighted by Gasteiger charge is -2.24. The van der Waals surface area contributed by atoms with E-state index >= 15 is 0 Å². The highest BCUT2D eigenvalue weighted by molar-refractivity contribution is 5.82. The van der Waals surface area contributed by atoms with Crippen LogP contribution in [0.1, 0.15) is 103 Å². The standard InChI is InChI=1S/2C17H21NO.4C13H10O/c1-4-18(16-6-5-7-17(19)12-16)15-10-8-14(9-11-15)13(2)3;1-3-6-14-9-11-15(12-10-14)18(4-2)16-7-5-8-17(19)13-16;14-12-7-3-5-10-8-9-4-1-2-6-11(9)13(10)12;14-13-7-3-6-11-10-5-2-1-4-9(10)8-12(11)13;14-11-5-6-13-10(8-11)7-9-3-1-2-4-12(9)13;14-11-6-5-10-7-9-3-1-2-4-12(9)13(10)8-11/h5-13,19H,4H2,1-3H3;5,7-13,19H,3-4,6H2,1-2H3;2*1-7,14H,8H2;2*1-6,8,14H,7H2. The van der Waals surface area contributed by atoms with Crippen LogP contribution in [0.15, 0.2) is 267 Å². The zero-order chi connectivity index (χ0) is 65.7. The molecule has 12 aromatic carbocycles. The summed E-state index contributed by atoms with van der Waals surface area (Å²) in [7, 11) is 0. The van der Waals surface area contributed by atoms with Crippen LogP contribution < -0.4 is 9.80 Å². The lowest BCUT2D eigenvalue weighted by molar-refractivity contribution is 0.470. The first kappa shape index (κ1) is 64.6. The van der Waals surface area contributed by atoms with Crippen molar-refractivity contribution in [2.75, 3.05) is 22.9 Å². The summed E-state index contributed by atoms with van der Waals surface area (Å²) < 4.78 is 0.